The number of urea groups is 1. The first-order valence-corrected chi connectivity index (χ1v) is 6.97. The van der Waals surface area contributed by atoms with E-state index in [9.17, 15) is 4.79 Å². The molecule has 0 heterocycles. The van der Waals surface area contributed by atoms with Gasteiger partial charge < -0.3 is 4.90 Å². The Hall–Kier alpha value is -2.29. The summed E-state index contributed by atoms with van der Waals surface area (Å²) in [6.07, 6.45) is 0. The van der Waals surface area contributed by atoms with E-state index in [0.29, 0.717) is 13.1 Å². The molecule has 0 aromatic heterocycles. The Bertz CT molecular complexity index is 496. The third kappa shape index (κ3) is 2.99. The van der Waals surface area contributed by atoms with Crippen LogP contribution in [0.3, 0.4) is 0 Å². The molecule has 0 fully saturated rings. The zero-order chi connectivity index (χ0) is 14.4. The quantitative estimate of drug-likeness (QED) is 0.811. The maximum Gasteiger partial charge on any atom is 0.329 e. The Morgan fingerprint density at radius 2 is 1.20 bits per heavy atom. The van der Waals surface area contributed by atoms with Gasteiger partial charge in [0.05, 0.1) is 11.4 Å². The molecule has 2 amide bonds. The minimum Gasteiger partial charge on any atom is -0.325 e. The number of hydrogen-bond donors (Lipinski definition) is 0. The Balaban J connectivity index is 2.43. The van der Waals surface area contributed by atoms with E-state index in [-0.39, 0.29) is 6.03 Å². The maximum atomic E-state index is 12.8. The van der Waals surface area contributed by atoms with Gasteiger partial charge in [0.25, 0.3) is 0 Å². The first-order chi connectivity index (χ1) is 9.77. The number of nitrogens with zero attached hydrogens (tertiary/aromatic N) is 2. The number of benzene rings is 2. The van der Waals surface area contributed by atoms with Crippen LogP contribution in [-0.2, 0) is 0 Å². The lowest BCUT2D eigenvalue weighted by Gasteiger charge is -2.29. The van der Waals surface area contributed by atoms with Crippen LogP contribution in [0, 0.1) is 0 Å². The van der Waals surface area contributed by atoms with Gasteiger partial charge in [-0.2, -0.15) is 0 Å². The van der Waals surface area contributed by atoms with E-state index in [4.69, 9.17) is 0 Å². The van der Waals surface area contributed by atoms with Gasteiger partial charge in [0, 0.05) is 13.1 Å². The molecule has 0 aliphatic rings. The molecule has 0 radical (unpaired) electrons. The fourth-order valence-electron chi connectivity index (χ4n) is 2.16. The zero-order valence-electron chi connectivity index (χ0n) is 12.0. The van der Waals surface area contributed by atoms with Crippen molar-refractivity contribution in [3.8, 4) is 0 Å². The van der Waals surface area contributed by atoms with Gasteiger partial charge in [0.2, 0.25) is 0 Å². The third-order valence-electron chi connectivity index (χ3n) is 3.25. The van der Waals surface area contributed by atoms with Gasteiger partial charge in [-0.15, -0.1) is 0 Å². The molecule has 0 unspecified atom stereocenters. The van der Waals surface area contributed by atoms with Crippen LogP contribution < -0.4 is 4.90 Å². The van der Waals surface area contributed by atoms with Gasteiger partial charge in [0.15, 0.2) is 0 Å². The molecule has 3 nitrogen and oxygen atoms in total. The monoisotopic (exact) mass is 268 g/mol. The summed E-state index contributed by atoms with van der Waals surface area (Å²) in [6, 6.07) is 19.5. The molecular formula is C17H20N2O. The lowest BCUT2D eigenvalue weighted by atomic mass is 10.2. The van der Waals surface area contributed by atoms with Crippen LogP contribution in [-0.4, -0.2) is 24.0 Å². The third-order valence-corrected chi connectivity index (χ3v) is 3.25. The fourth-order valence-corrected chi connectivity index (χ4v) is 2.16. The first kappa shape index (κ1) is 14.1. The summed E-state index contributed by atoms with van der Waals surface area (Å²) in [6.45, 7) is 5.39. The normalized spacial score (nSPS) is 10.1. The summed E-state index contributed by atoms with van der Waals surface area (Å²) in [5, 5.41) is 0. The Morgan fingerprint density at radius 3 is 1.55 bits per heavy atom. The Morgan fingerprint density at radius 1 is 0.800 bits per heavy atom. The molecule has 20 heavy (non-hydrogen) atoms. The molecule has 0 aliphatic carbocycles. The SMILES string of the molecule is CCN(CC)C(=O)N(c1ccccc1)c1ccccc1. The van der Waals surface area contributed by atoms with Crippen LogP contribution in [0.1, 0.15) is 13.8 Å². The fraction of sp³-hybridized carbons (Fsp3) is 0.235. The summed E-state index contributed by atoms with van der Waals surface area (Å²) >= 11 is 0. The van der Waals surface area contributed by atoms with Crippen molar-refractivity contribution in [2.24, 2.45) is 0 Å². The first-order valence-electron chi connectivity index (χ1n) is 6.97. The highest BCUT2D eigenvalue weighted by Gasteiger charge is 2.21. The predicted molar refractivity (Wildman–Crippen MR) is 83.3 cm³/mol. The molecule has 2 rings (SSSR count). The van der Waals surface area contributed by atoms with E-state index in [2.05, 4.69) is 0 Å². The van der Waals surface area contributed by atoms with E-state index < -0.39 is 0 Å². The highest BCUT2D eigenvalue weighted by atomic mass is 16.2. The van der Waals surface area contributed by atoms with Crippen molar-refractivity contribution in [3.05, 3.63) is 60.7 Å². The van der Waals surface area contributed by atoms with E-state index in [1.54, 1.807) is 4.90 Å². The molecule has 3 heteroatoms. The predicted octanol–water partition coefficient (Wildman–Crippen LogP) is 4.29. The van der Waals surface area contributed by atoms with Gasteiger partial charge in [0.1, 0.15) is 0 Å². The van der Waals surface area contributed by atoms with Gasteiger partial charge in [-0.05, 0) is 38.1 Å². The number of anilines is 2. The van der Waals surface area contributed by atoms with E-state index in [0.717, 1.165) is 11.4 Å². The molecule has 0 atom stereocenters. The van der Waals surface area contributed by atoms with Gasteiger partial charge in [-0.1, -0.05) is 36.4 Å². The summed E-state index contributed by atoms with van der Waals surface area (Å²) < 4.78 is 0. The van der Waals surface area contributed by atoms with Crippen LogP contribution >= 0.6 is 0 Å². The molecule has 0 spiro atoms. The van der Waals surface area contributed by atoms with Crippen molar-refractivity contribution in [1.29, 1.82) is 0 Å². The molecule has 2 aromatic rings. The van der Waals surface area contributed by atoms with E-state index in [1.165, 1.54) is 0 Å². The second-order valence-corrected chi connectivity index (χ2v) is 4.46. The highest BCUT2D eigenvalue weighted by molar-refractivity contribution is 5.99. The van der Waals surface area contributed by atoms with Gasteiger partial charge in [-0.25, -0.2) is 4.79 Å². The largest absolute Gasteiger partial charge is 0.329 e. The standard InChI is InChI=1S/C17H20N2O/c1-3-18(4-2)17(20)19(15-11-7-5-8-12-15)16-13-9-6-10-14-16/h5-14H,3-4H2,1-2H3. The summed E-state index contributed by atoms with van der Waals surface area (Å²) in [5.41, 5.74) is 1.77. The van der Waals surface area contributed by atoms with Crippen LogP contribution in [0.4, 0.5) is 16.2 Å². The van der Waals surface area contributed by atoms with Crippen molar-refractivity contribution in [2.75, 3.05) is 18.0 Å². The highest BCUT2D eigenvalue weighted by Crippen LogP contribution is 2.26. The average Bonchev–Trinajstić information content (AvgIpc) is 2.51. The maximum absolute atomic E-state index is 12.8. The van der Waals surface area contributed by atoms with Crippen LogP contribution in [0.5, 0.6) is 0 Å². The molecule has 2 aromatic carbocycles. The molecule has 0 saturated heterocycles. The Kier molecular flexibility index (Phi) is 4.77. The lowest BCUT2D eigenvalue weighted by Crippen LogP contribution is -2.40. The number of rotatable bonds is 4. The number of amides is 2. The summed E-state index contributed by atoms with van der Waals surface area (Å²) in [4.78, 5) is 16.3. The molecular weight excluding hydrogens is 248 g/mol. The van der Waals surface area contributed by atoms with Crippen molar-refractivity contribution in [2.45, 2.75) is 13.8 Å². The number of carbonyl (C=O) groups is 1. The second-order valence-electron chi connectivity index (χ2n) is 4.46. The van der Waals surface area contributed by atoms with Crippen molar-refractivity contribution >= 4 is 17.4 Å². The van der Waals surface area contributed by atoms with E-state index in [1.807, 2.05) is 79.4 Å². The average molecular weight is 268 g/mol. The summed E-state index contributed by atoms with van der Waals surface area (Å²) in [7, 11) is 0. The van der Waals surface area contributed by atoms with Gasteiger partial charge >= 0.3 is 6.03 Å². The Labute approximate surface area is 120 Å². The minimum atomic E-state index is 0.00685. The molecule has 104 valence electrons. The molecule has 0 saturated carbocycles. The van der Waals surface area contributed by atoms with Crippen molar-refractivity contribution in [1.82, 2.24) is 4.90 Å². The summed E-state index contributed by atoms with van der Waals surface area (Å²) in [5.74, 6) is 0. The second kappa shape index (κ2) is 6.75. The van der Waals surface area contributed by atoms with Crippen LogP contribution in [0.2, 0.25) is 0 Å². The van der Waals surface area contributed by atoms with Gasteiger partial charge in [-0.3, -0.25) is 4.90 Å². The van der Waals surface area contributed by atoms with Crippen LogP contribution in [0.15, 0.2) is 60.7 Å². The minimum absolute atomic E-state index is 0.00685. The molecule has 0 aliphatic heterocycles. The van der Waals surface area contributed by atoms with E-state index >= 15 is 0 Å². The van der Waals surface area contributed by atoms with Crippen LogP contribution in [0.25, 0.3) is 0 Å². The number of hydrogen-bond acceptors (Lipinski definition) is 1. The number of para-hydroxylation sites is 2. The van der Waals surface area contributed by atoms with Crippen molar-refractivity contribution in [3.63, 3.8) is 0 Å². The topological polar surface area (TPSA) is 23.6 Å². The molecule has 0 bridgehead atoms. The molecule has 0 N–H and O–H groups in total. The smallest absolute Gasteiger partial charge is 0.325 e. The van der Waals surface area contributed by atoms with Crippen molar-refractivity contribution < 1.29 is 4.79 Å². The zero-order valence-corrected chi connectivity index (χ0v) is 12.0. The lowest BCUT2D eigenvalue weighted by molar-refractivity contribution is 0.212. The number of carbonyl (C=O) groups excluding carboxylic acids is 1.